The zero-order chi connectivity index (χ0) is 7.45. The molecule has 0 N–H and O–H groups in total. The Morgan fingerprint density at radius 1 is 0.700 bits per heavy atom. The van der Waals surface area contributed by atoms with Crippen LogP contribution in [0.5, 0.6) is 0 Å². The number of hydrogen-bond acceptors (Lipinski definition) is 0. The average molecular weight is 269 g/mol. The van der Waals surface area contributed by atoms with Crippen molar-refractivity contribution >= 4 is 67.0 Å². The van der Waals surface area contributed by atoms with Gasteiger partial charge >= 0.3 is 0 Å². The highest BCUT2D eigenvalue weighted by molar-refractivity contribution is 7.82. The van der Waals surface area contributed by atoms with E-state index >= 15 is 0 Å². The summed E-state index contributed by atoms with van der Waals surface area (Å²) in [6.07, 6.45) is 0. The Kier molecular flexibility index (Phi) is 4.60. The van der Waals surface area contributed by atoms with Gasteiger partial charge in [0.1, 0.15) is 0 Å². The lowest BCUT2D eigenvalue weighted by Crippen LogP contribution is -2.53. The summed E-state index contributed by atoms with van der Waals surface area (Å²) in [6, 6.07) is 0. The molecule has 0 aromatic carbocycles. The molecule has 0 unspecified atom stereocenters. The maximum Gasteiger partial charge on any atom is 0.0155 e. The molecule has 0 bridgehead atoms. The van der Waals surface area contributed by atoms with Crippen LogP contribution in [0.1, 0.15) is 0 Å². The molecule has 0 nitrogen and oxygen atoms in total. The molecule has 0 aromatic heterocycles. The Morgan fingerprint density at radius 3 is 1.60 bits per heavy atom. The lowest BCUT2D eigenvalue weighted by Gasteiger charge is -2.22. The van der Waals surface area contributed by atoms with Gasteiger partial charge in [0.25, 0.3) is 0 Å². The molecule has 0 aromatic rings. The van der Waals surface area contributed by atoms with Gasteiger partial charge in [0, 0.05) is 7.11 Å². The molecule has 0 saturated carbocycles. The normalized spacial score (nSPS) is 43.8. The van der Waals surface area contributed by atoms with Crippen molar-refractivity contribution in [3.8, 4) is 0 Å². The summed E-state index contributed by atoms with van der Waals surface area (Å²) in [5.74, 6) is 0. The van der Waals surface area contributed by atoms with E-state index in [1.807, 2.05) is 0 Å². The van der Waals surface area contributed by atoms with Crippen molar-refractivity contribution in [3.63, 3.8) is 0 Å². The Hall–Kier alpha value is 1.74. The van der Waals surface area contributed by atoms with Crippen molar-refractivity contribution in [2.24, 2.45) is 0 Å². The maximum absolute atomic E-state index is 2.81. The summed E-state index contributed by atoms with van der Waals surface area (Å²) < 4.78 is 0. The summed E-state index contributed by atoms with van der Waals surface area (Å²) in [6.45, 7) is 5.61. The highest BCUT2D eigenvalue weighted by Gasteiger charge is 2.21. The first-order valence-electron chi connectivity index (χ1n) is 4.71. The molecule has 1 saturated heterocycles. The molecule has 8 heteroatoms. The van der Waals surface area contributed by atoms with Crippen LogP contribution in [0, 0.1) is 0 Å². The fourth-order valence-corrected chi connectivity index (χ4v) is 338. The van der Waals surface area contributed by atoms with Gasteiger partial charge in [0.05, 0.1) is 0 Å². The van der Waals surface area contributed by atoms with E-state index in [1.54, 1.807) is 0 Å². The van der Waals surface area contributed by atoms with Crippen molar-refractivity contribution < 1.29 is 0 Å². The second-order valence-corrected chi connectivity index (χ2v) is 82.2. The van der Waals surface area contributed by atoms with Gasteiger partial charge in [-0.15, -0.1) is 0 Å². The third kappa shape index (κ3) is 3.94. The summed E-state index contributed by atoms with van der Waals surface area (Å²) in [4.78, 5) is 0. The van der Waals surface area contributed by atoms with Gasteiger partial charge < -0.3 is 0 Å². The molecule has 10 heavy (non-hydrogen) atoms. The van der Waals surface area contributed by atoms with Crippen LogP contribution < -0.4 is 0 Å². The SMILES string of the molecule is C[Si]1(C)[SiH2][SiH2][SiH2][SiH2][SiH2][SiH2][SiH2]1. The van der Waals surface area contributed by atoms with E-state index in [-0.39, 0.29) is 7.11 Å². The van der Waals surface area contributed by atoms with Gasteiger partial charge in [0.15, 0.2) is 0 Å². The number of rotatable bonds is 0. The van der Waals surface area contributed by atoms with Gasteiger partial charge in [-0.1, -0.05) is 13.1 Å². The molecular formula is C2H20Si8. The van der Waals surface area contributed by atoms with Crippen molar-refractivity contribution in [1.29, 1.82) is 0 Å². The van der Waals surface area contributed by atoms with Gasteiger partial charge in [0.2, 0.25) is 0 Å². The molecule has 1 aliphatic heterocycles. The van der Waals surface area contributed by atoms with E-state index in [0.29, 0.717) is 0 Å². The monoisotopic (exact) mass is 268 g/mol. The lowest BCUT2D eigenvalue weighted by atomic mass is 11.9. The van der Waals surface area contributed by atoms with Crippen LogP contribution in [0.4, 0.5) is 0 Å². The van der Waals surface area contributed by atoms with E-state index in [0.717, 1.165) is 59.9 Å². The topological polar surface area (TPSA) is 0 Å². The van der Waals surface area contributed by atoms with Crippen molar-refractivity contribution in [2.45, 2.75) is 13.1 Å². The first kappa shape index (κ1) is 9.82. The summed E-state index contributed by atoms with van der Waals surface area (Å²) in [5, 5.41) is 0. The molecule has 0 radical (unpaired) electrons. The predicted molar refractivity (Wildman–Crippen MR) is 77.3 cm³/mol. The Labute approximate surface area is 79.8 Å². The zero-order valence-corrected chi connectivity index (χ0v) is 18.3. The lowest BCUT2D eigenvalue weighted by molar-refractivity contribution is 2.05. The van der Waals surface area contributed by atoms with Crippen LogP contribution in [0.3, 0.4) is 0 Å². The van der Waals surface area contributed by atoms with Crippen LogP contribution in [-0.2, 0) is 0 Å². The standard InChI is InChI=1S/C2H20Si8/c1-10(2)8-6-4-3-5-7-9-10/h3-9H2,1-2H3. The highest BCUT2D eigenvalue weighted by Crippen LogP contribution is 1.95. The predicted octanol–water partition coefficient (Wildman–Crippen LogP) is -5.63. The van der Waals surface area contributed by atoms with Gasteiger partial charge in [-0.05, 0) is 59.9 Å². The molecule has 0 aliphatic carbocycles. The molecule has 1 aliphatic rings. The maximum atomic E-state index is 2.81. The molecule has 60 valence electrons. The van der Waals surface area contributed by atoms with Gasteiger partial charge in [-0.25, -0.2) is 0 Å². The molecule has 1 fully saturated rings. The third-order valence-electron chi connectivity index (χ3n) is 2.71. The summed E-state index contributed by atoms with van der Waals surface area (Å²) in [7, 11) is 5.69. The summed E-state index contributed by atoms with van der Waals surface area (Å²) >= 11 is 0. The van der Waals surface area contributed by atoms with E-state index in [4.69, 9.17) is 0 Å². The number of hydrogen-bond donors (Lipinski definition) is 0. The van der Waals surface area contributed by atoms with Gasteiger partial charge in [-0.2, -0.15) is 0 Å². The second-order valence-electron chi connectivity index (χ2n) is 4.43. The minimum atomic E-state index is -0.180. The van der Waals surface area contributed by atoms with Crippen LogP contribution in [-0.4, -0.2) is 67.0 Å². The smallest absolute Gasteiger partial charge is 0.0155 e. The fourth-order valence-electron chi connectivity index (χ4n) is 1.86. The van der Waals surface area contributed by atoms with E-state index in [1.165, 1.54) is 0 Å². The second kappa shape index (κ2) is 4.69. The fraction of sp³-hybridized carbons (Fsp3) is 1.00. The summed E-state index contributed by atoms with van der Waals surface area (Å²) in [5.41, 5.74) is 0. The average Bonchev–Trinajstić information content (AvgIpc) is 1.81. The highest BCUT2D eigenvalue weighted by atomic mass is 30.1. The molecule has 1 rings (SSSR count). The van der Waals surface area contributed by atoms with Crippen molar-refractivity contribution in [3.05, 3.63) is 0 Å². The Balaban J connectivity index is 2.30. The molecule has 1 heterocycles. The van der Waals surface area contributed by atoms with Crippen LogP contribution in [0.15, 0.2) is 0 Å². The Morgan fingerprint density at radius 2 is 1.10 bits per heavy atom. The van der Waals surface area contributed by atoms with E-state index < -0.39 is 0 Å². The largest absolute Gasteiger partial charge is 0.0745 e. The molecular weight excluding hydrogens is 249 g/mol. The first-order chi connectivity index (χ1) is 4.71. The van der Waals surface area contributed by atoms with E-state index in [2.05, 4.69) is 13.1 Å². The van der Waals surface area contributed by atoms with Crippen LogP contribution in [0.2, 0.25) is 13.1 Å². The van der Waals surface area contributed by atoms with Crippen molar-refractivity contribution in [2.75, 3.05) is 0 Å². The molecule has 0 atom stereocenters. The molecule has 0 spiro atoms. The van der Waals surface area contributed by atoms with Gasteiger partial charge in [-0.3, -0.25) is 0 Å². The third-order valence-corrected chi connectivity index (χ3v) is 165. The minimum absolute atomic E-state index is 0.180. The van der Waals surface area contributed by atoms with Crippen LogP contribution >= 0.6 is 0 Å². The first-order valence-corrected chi connectivity index (χ1v) is 36.4. The minimum Gasteiger partial charge on any atom is -0.0745 e. The Bertz CT molecular complexity index is 89.4. The van der Waals surface area contributed by atoms with Crippen LogP contribution in [0.25, 0.3) is 0 Å². The molecule has 0 amide bonds. The van der Waals surface area contributed by atoms with Crippen molar-refractivity contribution in [1.82, 2.24) is 0 Å². The zero-order valence-electron chi connectivity index (χ0n) is 7.45. The van der Waals surface area contributed by atoms with E-state index in [9.17, 15) is 0 Å². The quantitative estimate of drug-likeness (QED) is 0.385.